The zero-order valence-electron chi connectivity index (χ0n) is 15.2. The maximum atomic E-state index is 14.0. The van der Waals surface area contributed by atoms with E-state index in [4.69, 9.17) is 4.74 Å². The van der Waals surface area contributed by atoms with Crippen LogP contribution >= 0.6 is 11.8 Å². The summed E-state index contributed by atoms with van der Waals surface area (Å²) < 4.78 is 21.0. The molecule has 1 aliphatic rings. The van der Waals surface area contributed by atoms with Crippen LogP contribution in [0.5, 0.6) is 5.75 Å². The number of ether oxygens (including phenoxy) is 1. The highest BCUT2D eigenvalue weighted by atomic mass is 32.2. The molecule has 28 heavy (non-hydrogen) atoms. The molecule has 2 N–H and O–H groups in total. The summed E-state index contributed by atoms with van der Waals surface area (Å²) in [6, 6.07) is 13.2. The second-order valence-corrected chi connectivity index (χ2v) is 7.36. The van der Waals surface area contributed by atoms with Crippen LogP contribution in [0.4, 0.5) is 10.1 Å². The molecule has 7 nitrogen and oxygen atoms in total. The Labute approximate surface area is 165 Å². The van der Waals surface area contributed by atoms with Crippen molar-refractivity contribution in [2.45, 2.75) is 23.4 Å². The van der Waals surface area contributed by atoms with Gasteiger partial charge >= 0.3 is 0 Å². The van der Waals surface area contributed by atoms with E-state index in [1.165, 1.54) is 23.9 Å². The molecule has 0 fully saturated rings. The van der Waals surface area contributed by atoms with Crippen molar-refractivity contribution in [3.05, 3.63) is 65.7 Å². The number of para-hydroxylation sites is 1. The molecule has 2 heterocycles. The van der Waals surface area contributed by atoms with Gasteiger partial charge in [-0.3, -0.25) is 4.79 Å². The van der Waals surface area contributed by atoms with Crippen LogP contribution in [-0.2, 0) is 4.79 Å². The van der Waals surface area contributed by atoms with Crippen LogP contribution in [-0.4, -0.2) is 33.1 Å². The summed E-state index contributed by atoms with van der Waals surface area (Å²) in [6.45, 7) is 1.83. The van der Waals surface area contributed by atoms with Gasteiger partial charge in [0.1, 0.15) is 22.6 Å². The lowest BCUT2D eigenvalue weighted by Crippen LogP contribution is -2.41. The van der Waals surface area contributed by atoms with E-state index in [-0.39, 0.29) is 17.6 Å². The first kappa shape index (κ1) is 18.3. The number of fused-ring (bicyclic) bond motifs is 1. The van der Waals surface area contributed by atoms with Gasteiger partial charge in [-0.2, -0.15) is 0 Å². The van der Waals surface area contributed by atoms with E-state index in [0.717, 1.165) is 11.3 Å². The molecular weight excluding hydrogens is 381 g/mol. The number of thioether (sulfide) groups is 1. The van der Waals surface area contributed by atoms with Gasteiger partial charge in [0.05, 0.1) is 18.8 Å². The predicted octanol–water partition coefficient (Wildman–Crippen LogP) is 3.13. The number of anilines is 1. The van der Waals surface area contributed by atoms with Gasteiger partial charge in [0.25, 0.3) is 0 Å². The highest BCUT2D eigenvalue weighted by molar-refractivity contribution is 8.00. The summed E-state index contributed by atoms with van der Waals surface area (Å²) in [5, 5.41) is 10.9. The van der Waals surface area contributed by atoms with E-state index >= 15 is 0 Å². The molecule has 2 atom stereocenters. The first-order chi connectivity index (χ1) is 13.6. The molecule has 144 valence electrons. The zero-order valence-corrected chi connectivity index (χ0v) is 16.0. The molecule has 9 heteroatoms. The third-order valence-corrected chi connectivity index (χ3v) is 5.68. The minimum atomic E-state index is -0.580. The van der Waals surface area contributed by atoms with Crippen molar-refractivity contribution < 1.29 is 13.9 Å². The average molecular weight is 399 g/mol. The lowest BCUT2D eigenvalue weighted by atomic mass is 10.0. The first-order valence-electron chi connectivity index (χ1n) is 8.61. The number of halogens is 1. The molecule has 1 aliphatic heterocycles. The van der Waals surface area contributed by atoms with Gasteiger partial charge in [-0.15, -0.1) is 10.2 Å². The molecule has 4 rings (SSSR count). The van der Waals surface area contributed by atoms with Crippen LogP contribution < -0.4 is 15.5 Å². The smallest absolute Gasteiger partial charge is 0.240 e. The van der Waals surface area contributed by atoms with Gasteiger partial charge in [0, 0.05) is 0 Å². The number of aryl methyl sites for hydroxylation is 1. The minimum Gasteiger partial charge on any atom is -0.497 e. The molecule has 0 saturated carbocycles. The monoisotopic (exact) mass is 399 g/mol. The van der Waals surface area contributed by atoms with E-state index in [9.17, 15) is 9.18 Å². The number of rotatable bonds is 4. The second-order valence-electron chi connectivity index (χ2n) is 6.25. The first-order valence-corrected chi connectivity index (χ1v) is 9.49. The summed E-state index contributed by atoms with van der Waals surface area (Å²) in [6.07, 6.45) is 0. The summed E-state index contributed by atoms with van der Waals surface area (Å²) in [7, 11) is 1.60. The Kier molecular flexibility index (Phi) is 4.91. The summed E-state index contributed by atoms with van der Waals surface area (Å²) >= 11 is 1.29. The van der Waals surface area contributed by atoms with Gasteiger partial charge in [-0.05, 0) is 36.8 Å². The maximum Gasteiger partial charge on any atom is 0.240 e. The van der Waals surface area contributed by atoms with E-state index in [1.807, 2.05) is 31.2 Å². The fraction of sp³-hybridized carbons (Fsp3) is 0.211. The van der Waals surface area contributed by atoms with Gasteiger partial charge in [0.2, 0.25) is 11.1 Å². The topological polar surface area (TPSA) is 81.1 Å². The molecule has 0 aliphatic carbocycles. The molecule has 1 aromatic heterocycles. The van der Waals surface area contributed by atoms with E-state index < -0.39 is 11.1 Å². The average Bonchev–Trinajstić information content (AvgIpc) is 3.09. The lowest BCUT2D eigenvalue weighted by molar-refractivity contribution is -0.116. The Balaban J connectivity index is 1.67. The molecule has 0 saturated heterocycles. The van der Waals surface area contributed by atoms with Gasteiger partial charge < -0.3 is 15.5 Å². The highest BCUT2D eigenvalue weighted by Crippen LogP contribution is 2.38. The summed E-state index contributed by atoms with van der Waals surface area (Å²) in [5.74, 6) is 0.606. The van der Waals surface area contributed by atoms with Crippen molar-refractivity contribution in [3.8, 4) is 5.75 Å². The third-order valence-electron chi connectivity index (χ3n) is 4.46. The Hall–Kier alpha value is -3.07. The van der Waals surface area contributed by atoms with Crippen molar-refractivity contribution >= 4 is 23.4 Å². The number of methoxy groups -OCH3 is 1. The number of carbonyl (C=O) groups excluding carboxylic acids is 1. The molecule has 0 unspecified atom stereocenters. The molecular formula is C19H18FN5O2S. The van der Waals surface area contributed by atoms with Crippen molar-refractivity contribution in [3.63, 3.8) is 0 Å². The van der Waals surface area contributed by atoms with Crippen LogP contribution in [0.1, 0.15) is 17.4 Å². The van der Waals surface area contributed by atoms with E-state index in [0.29, 0.717) is 11.0 Å². The van der Waals surface area contributed by atoms with Gasteiger partial charge in [-0.1, -0.05) is 36.0 Å². The SMILES string of the molecule is COc1ccc([C@H]2Nn3c(C)nnc3S[C@H]2C(=O)Nc2ccccc2F)cc1. The minimum absolute atomic E-state index is 0.143. The fourth-order valence-corrected chi connectivity index (χ4v) is 4.11. The standard InChI is InChI=1S/C19H18FN5O2S/c1-11-22-23-19-25(11)24-16(12-7-9-13(27-2)10-8-12)17(28-19)18(26)21-15-6-4-3-5-14(15)20/h3-10,16-17,24H,1-2H3,(H,21,26)/t16-,17-/m1/s1. The fourth-order valence-electron chi connectivity index (χ4n) is 2.99. The zero-order chi connectivity index (χ0) is 19.7. The molecule has 0 bridgehead atoms. The van der Waals surface area contributed by atoms with Crippen molar-refractivity contribution in [2.75, 3.05) is 17.9 Å². The Morgan fingerprint density at radius 3 is 2.68 bits per heavy atom. The summed E-state index contributed by atoms with van der Waals surface area (Å²) in [5.41, 5.74) is 4.34. The maximum absolute atomic E-state index is 14.0. The van der Waals surface area contributed by atoms with E-state index in [1.54, 1.807) is 23.9 Å². The number of amides is 1. The largest absolute Gasteiger partial charge is 0.497 e. The van der Waals surface area contributed by atoms with Crippen molar-refractivity contribution in [1.29, 1.82) is 0 Å². The number of benzene rings is 2. The number of hydrogen-bond donors (Lipinski definition) is 2. The number of nitrogens with zero attached hydrogens (tertiary/aromatic N) is 3. The molecule has 0 radical (unpaired) electrons. The molecule has 3 aromatic rings. The number of nitrogens with one attached hydrogen (secondary N) is 2. The Bertz CT molecular complexity index is 1010. The molecule has 2 aromatic carbocycles. The normalized spacial score (nSPS) is 18.1. The number of aromatic nitrogens is 3. The molecule has 0 spiro atoms. The van der Waals surface area contributed by atoms with Crippen molar-refractivity contribution in [2.24, 2.45) is 0 Å². The lowest BCUT2D eigenvalue weighted by Gasteiger charge is -2.32. The van der Waals surface area contributed by atoms with Crippen LogP contribution in [0.3, 0.4) is 0 Å². The Morgan fingerprint density at radius 1 is 1.21 bits per heavy atom. The van der Waals surface area contributed by atoms with Crippen LogP contribution in [0.15, 0.2) is 53.7 Å². The third kappa shape index (κ3) is 3.40. The Morgan fingerprint density at radius 2 is 1.96 bits per heavy atom. The highest BCUT2D eigenvalue weighted by Gasteiger charge is 2.37. The van der Waals surface area contributed by atoms with Crippen LogP contribution in [0.25, 0.3) is 0 Å². The molecule has 1 amide bonds. The predicted molar refractivity (Wildman–Crippen MR) is 105 cm³/mol. The van der Waals surface area contributed by atoms with Gasteiger partial charge in [-0.25, -0.2) is 9.07 Å². The summed E-state index contributed by atoms with van der Waals surface area (Å²) in [4.78, 5) is 13.0. The van der Waals surface area contributed by atoms with Crippen molar-refractivity contribution in [1.82, 2.24) is 14.9 Å². The quantitative estimate of drug-likeness (QED) is 0.702. The second kappa shape index (κ2) is 7.51. The van der Waals surface area contributed by atoms with Gasteiger partial charge in [0.15, 0.2) is 0 Å². The number of carbonyl (C=O) groups is 1. The van der Waals surface area contributed by atoms with Crippen LogP contribution in [0, 0.1) is 12.7 Å². The van der Waals surface area contributed by atoms with E-state index in [2.05, 4.69) is 20.9 Å². The van der Waals surface area contributed by atoms with Crippen LogP contribution in [0.2, 0.25) is 0 Å². The number of hydrogen-bond acceptors (Lipinski definition) is 6.